The average molecular weight is 378 g/mol. The molecule has 0 aliphatic heterocycles. The largest absolute Gasteiger partial charge is 0.497 e. The number of esters is 1. The molecule has 0 radical (unpaired) electrons. The van der Waals surface area contributed by atoms with Crippen LogP contribution in [-0.4, -0.2) is 46.1 Å². The van der Waals surface area contributed by atoms with Crippen LogP contribution in [0.3, 0.4) is 0 Å². The highest BCUT2D eigenvalue weighted by molar-refractivity contribution is 7.99. The zero-order valence-corrected chi connectivity index (χ0v) is 15.8. The molecule has 0 fully saturated rings. The maximum atomic E-state index is 12.2. The molecule has 26 heavy (non-hydrogen) atoms. The van der Waals surface area contributed by atoms with Gasteiger partial charge in [-0.3, -0.25) is 9.59 Å². The molecule has 1 aromatic heterocycles. The average Bonchev–Trinajstić information content (AvgIpc) is 3.06. The minimum atomic E-state index is -0.294. The summed E-state index contributed by atoms with van der Waals surface area (Å²) >= 11 is 1.26. The van der Waals surface area contributed by atoms with Crippen LogP contribution in [0.2, 0.25) is 0 Å². The van der Waals surface area contributed by atoms with Gasteiger partial charge in [-0.2, -0.15) is 0 Å². The van der Waals surface area contributed by atoms with Gasteiger partial charge in [-0.1, -0.05) is 11.8 Å². The lowest BCUT2D eigenvalue weighted by Gasteiger charge is -2.09. The minimum absolute atomic E-state index is 0.171. The van der Waals surface area contributed by atoms with E-state index in [0.29, 0.717) is 35.4 Å². The summed E-state index contributed by atoms with van der Waals surface area (Å²) in [7, 11) is 1.57. The van der Waals surface area contributed by atoms with E-state index in [2.05, 4.69) is 15.5 Å². The molecule has 1 aromatic carbocycles. The number of nitrogens with one attached hydrogen (secondary N) is 1. The highest BCUT2D eigenvalue weighted by Crippen LogP contribution is 2.17. The van der Waals surface area contributed by atoms with Gasteiger partial charge in [-0.05, 0) is 38.1 Å². The lowest BCUT2D eigenvalue weighted by molar-refractivity contribution is -0.139. The topological polar surface area (TPSA) is 95.3 Å². The Labute approximate surface area is 156 Å². The molecule has 1 amide bonds. The standard InChI is InChI=1S/C17H22N4O4S/c1-4-21-14(19-20-17(21)26-11-15(22)25-5-2)10-18-16(23)12-6-8-13(24-3)9-7-12/h6-9H,4-5,10-11H2,1-3H3,(H,18,23). The van der Waals surface area contributed by atoms with Crippen molar-refractivity contribution in [1.29, 1.82) is 0 Å². The van der Waals surface area contributed by atoms with Crippen LogP contribution in [0.4, 0.5) is 0 Å². The fourth-order valence-corrected chi connectivity index (χ4v) is 3.02. The monoisotopic (exact) mass is 378 g/mol. The number of hydrogen-bond acceptors (Lipinski definition) is 7. The van der Waals surface area contributed by atoms with Crippen molar-refractivity contribution in [1.82, 2.24) is 20.1 Å². The molecule has 2 aromatic rings. The zero-order chi connectivity index (χ0) is 18.9. The molecule has 1 N–H and O–H groups in total. The molecule has 0 aliphatic carbocycles. The van der Waals surface area contributed by atoms with Gasteiger partial charge in [0.15, 0.2) is 11.0 Å². The van der Waals surface area contributed by atoms with Crippen LogP contribution < -0.4 is 10.1 Å². The van der Waals surface area contributed by atoms with Crippen molar-refractivity contribution < 1.29 is 19.1 Å². The van der Waals surface area contributed by atoms with Gasteiger partial charge >= 0.3 is 5.97 Å². The van der Waals surface area contributed by atoms with Crippen LogP contribution >= 0.6 is 11.8 Å². The van der Waals surface area contributed by atoms with Crippen molar-refractivity contribution in [3.05, 3.63) is 35.7 Å². The summed E-state index contributed by atoms with van der Waals surface area (Å²) in [6.07, 6.45) is 0. The Morgan fingerprint density at radius 2 is 1.92 bits per heavy atom. The van der Waals surface area contributed by atoms with E-state index in [1.54, 1.807) is 38.3 Å². The molecule has 0 bridgehead atoms. The van der Waals surface area contributed by atoms with Gasteiger partial charge in [-0.25, -0.2) is 0 Å². The third-order valence-electron chi connectivity index (χ3n) is 3.49. The first kappa shape index (κ1) is 19.8. The van der Waals surface area contributed by atoms with Crippen molar-refractivity contribution in [2.75, 3.05) is 19.5 Å². The first-order valence-corrected chi connectivity index (χ1v) is 9.20. The highest BCUT2D eigenvalue weighted by Gasteiger charge is 2.14. The van der Waals surface area contributed by atoms with E-state index in [9.17, 15) is 9.59 Å². The predicted octanol–water partition coefficient (Wildman–Crippen LogP) is 1.89. The van der Waals surface area contributed by atoms with Gasteiger partial charge in [0, 0.05) is 12.1 Å². The van der Waals surface area contributed by atoms with E-state index >= 15 is 0 Å². The molecule has 1 heterocycles. The van der Waals surface area contributed by atoms with E-state index in [4.69, 9.17) is 9.47 Å². The molecule has 0 aliphatic rings. The number of benzene rings is 1. The van der Waals surface area contributed by atoms with Crippen LogP contribution in [0.15, 0.2) is 29.4 Å². The van der Waals surface area contributed by atoms with Gasteiger partial charge < -0.3 is 19.4 Å². The molecule has 2 rings (SSSR count). The lowest BCUT2D eigenvalue weighted by atomic mass is 10.2. The van der Waals surface area contributed by atoms with Crippen molar-refractivity contribution >= 4 is 23.6 Å². The Balaban J connectivity index is 1.96. The molecule has 9 heteroatoms. The molecule has 0 spiro atoms. The molecule has 140 valence electrons. The van der Waals surface area contributed by atoms with Gasteiger partial charge in [0.25, 0.3) is 5.91 Å². The molecular weight excluding hydrogens is 356 g/mol. The SMILES string of the molecule is CCOC(=O)CSc1nnc(CNC(=O)c2ccc(OC)cc2)n1CC. The normalized spacial score (nSPS) is 10.4. The van der Waals surface area contributed by atoms with Gasteiger partial charge in [0.2, 0.25) is 0 Å². The van der Waals surface area contributed by atoms with Crippen LogP contribution in [0.5, 0.6) is 5.75 Å². The number of hydrogen-bond donors (Lipinski definition) is 1. The Hall–Kier alpha value is -2.55. The second-order valence-corrected chi connectivity index (χ2v) is 6.09. The lowest BCUT2D eigenvalue weighted by Crippen LogP contribution is -2.24. The predicted molar refractivity (Wildman–Crippen MR) is 97.2 cm³/mol. The molecule has 0 atom stereocenters. The number of aromatic nitrogens is 3. The number of carbonyl (C=O) groups is 2. The van der Waals surface area contributed by atoms with Crippen LogP contribution in [-0.2, 0) is 22.6 Å². The number of ether oxygens (including phenoxy) is 2. The Bertz CT molecular complexity index is 746. The van der Waals surface area contributed by atoms with E-state index in [1.165, 1.54) is 11.8 Å². The summed E-state index contributed by atoms with van der Waals surface area (Å²) in [5, 5.41) is 11.6. The zero-order valence-electron chi connectivity index (χ0n) is 15.0. The molecule has 0 saturated carbocycles. The van der Waals surface area contributed by atoms with Crippen molar-refractivity contribution in [2.24, 2.45) is 0 Å². The molecule has 0 saturated heterocycles. The number of amides is 1. The summed E-state index contributed by atoms with van der Waals surface area (Å²) in [5.41, 5.74) is 0.533. The Morgan fingerprint density at radius 3 is 2.54 bits per heavy atom. The molecule has 0 unspecified atom stereocenters. The maximum Gasteiger partial charge on any atom is 0.316 e. The van der Waals surface area contributed by atoms with E-state index in [1.807, 2.05) is 11.5 Å². The van der Waals surface area contributed by atoms with E-state index in [0.717, 1.165) is 0 Å². The number of carbonyl (C=O) groups excluding carboxylic acids is 2. The fourth-order valence-electron chi connectivity index (χ4n) is 2.20. The third-order valence-corrected chi connectivity index (χ3v) is 4.43. The third kappa shape index (κ3) is 5.22. The summed E-state index contributed by atoms with van der Waals surface area (Å²) in [5.74, 6) is 0.984. The van der Waals surface area contributed by atoms with Crippen molar-refractivity contribution in [2.45, 2.75) is 32.1 Å². The fraction of sp³-hybridized carbons (Fsp3) is 0.412. The maximum absolute atomic E-state index is 12.2. The Kier molecular flexibility index (Phi) is 7.46. The summed E-state index contributed by atoms with van der Waals surface area (Å²) < 4.78 is 11.8. The van der Waals surface area contributed by atoms with Crippen LogP contribution in [0.25, 0.3) is 0 Å². The first-order valence-electron chi connectivity index (χ1n) is 8.21. The number of nitrogens with zero attached hydrogens (tertiary/aromatic N) is 3. The summed E-state index contributed by atoms with van der Waals surface area (Å²) in [6, 6.07) is 6.85. The van der Waals surface area contributed by atoms with Gasteiger partial charge in [0.1, 0.15) is 5.75 Å². The Morgan fingerprint density at radius 1 is 1.19 bits per heavy atom. The quantitative estimate of drug-likeness (QED) is 0.526. The number of thioether (sulfide) groups is 1. The second kappa shape index (κ2) is 9.81. The summed E-state index contributed by atoms with van der Waals surface area (Å²) in [6.45, 7) is 4.94. The minimum Gasteiger partial charge on any atom is -0.497 e. The van der Waals surface area contributed by atoms with E-state index < -0.39 is 0 Å². The van der Waals surface area contributed by atoms with Crippen molar-refractivity contribution in [3.8, 4) is 5.75 Å². The first-order chi connectivity index (χ1) is 12.6. The van der Waals surface area contributed by atoms with E-state index in [-0.39, 0.29) is 24.2 Å². The van der Waals surface area contributed by atoms with Crippen molar-refractivity contribution in [3.63, 3.8) is 0 Å². The number of methoxy groups -OCH3 is 1. The smallest absolute Gasteiger partial charge is 0.316 e. The molecular formula is C17H22N4O4S. The van der Waals surface area contributed by atoms with Gasteiger partial charge in [-0.15, -0.1) is 10.2 Å². The van der Waals surface area contributed by atoms with Crippen LogP contribution in [0.1, 0.15) is 30.0 Å². The summed E-state index contributed by atoms with van der Waals surface area (Å²) in [4.78, 5) is 23.7. The van der Waals surface area contributed by atoms with Gasteiger partial charge in [0.05, 0.1) is 26.0 Å². The van der Waals surface area contributed by atoms with Crippen LogP contribution in [0, 0.1) is 0 Å². The molecule has 8 nitrogen and oxygen atoms in total. The second-order valence-electron chi connectivity index (χ2n) is 5.15. The number of rotatable bonds is 9. The highest BCUT2D eigenvalue weighted by atomic mass is 32.2.